The van der Waals surface area contributed by atoms with Crippen LogP contribution in [0.2, 0.25) is 0 Å². The predicted molar refractivity (Wildman–Crippen MR) is 385 cm³/mol. The van der Waals surface area contributed by atoms with Gasteiger partial charge >= 0.3 is 11.9 Å². The first-order valence-corrected chi connectivity index (χ1v) is 35.5. The molecule has 4 N–H and O–H groups in total. The van der Waals surface area contributed by atoms with Gasteiger partial charge in [-0.15, -0.1) is 0 Å². The van der Waals surface area contributed by atoms with E-state index in [-0.39, 0.29) is 36.0 Å². The summed E-state index contributed by atoms with van der Waals surface area (Å²) in [5.41, 5.74) is 14.1. The van der Waals surface area contributed by atoms with Crippen LogP contribution in [0.4, 0.5) is 0 Å². The molecule has 8 aromatic carbocycles. The SMILES string of the molecule is NCc1ccccc1.O=C(NCc1ccccc1)[C@@H](Cc1ccccc1)N1CCCC[C@H](N2Cc3ccccc3C2=O)C1=O.O=C(O)[C@@H](Cc1ccccc1)N1CCCC[C@H](N2Cc3ccccc3C2=O)C1=O.O=C1O[C@@H]2CCC[C@H](N3C(=O)c4ccccc4C3=O)C(=O)N2[C@@H]1Cc1ccccc1. The Balaban J connectivity index is 0.000000139. The fraction of sp³-hybridized carbons (Fsp3) is 0.301. The summed E-state index contributed by atoms with van der Waals surface area (Å²) >= 11 is 0. The normalized spacial score (nSPS) is 20.4. The second-order valence-electron chi connectivity index (χ2n) is 26.7. The first-order chi connectivity index (χ1) is 50.2. The summed E-state index contributed by atoms with van der Waals surface area (Å²) < 4.78 is 5.50. The van der Waals surface area contributed by atoms with E-state index in [1.807, 2.05) is 194 Å². The van der Waals surface area contributed by atoms with Crippen LogP contribution in [0.5, 0.6) is 0 Å². The van der Waals surface area contributed by atoms with Crippen LogP contribution >= 0.6 is 0 Å². The molecule has 528 valence electrons. The van der Waals surface area contributed by atoms with Crippen LogP contribution < -0.4 is 11.1 Å². The molecule has 0 unspecified atom stereocenters. The maximum absolute atomic E-state index is 14.0. The van der Waals surface area contributed by atoms with E-state index in [2.05, 4.69) is 5.32 Å². The Kier molecular flexibility index (Phi) is 23.2. The minimum atomic E-state index is -1.01. The minimum absolute atomic E-state index is 0.0982. The van der Waals surface area contributed by atoms with Crippen molar-refractivity contribution >= 4 is 59.2 Å². The van der Waals surface area contributed by atoms with E-state index in [0.29, 0.717) is 106 Å². The lowest BCUT2D eigenvalue weighted by atomic mass is 10.0. The number of carboxylic acid groups (broad SMARTS) is 1. The Hall–Kier alpha value is -11.4. The van der Waals surface area contributed by atoms with Crippen LogP contribution in [0.3, 0.4) is 0 Å². The summed E-state index contributed by atoms with van der Waals surface area (Å²) in [6.45, 7) is 2.77. The number of benzene rings is 8. The standard InChI is InChI=1S/C30H31N3O3.C23H20N2O5.C23H24N2O4.C7H9N/c34-28(31-20-23-13-5-2-6-14-23)27(19-22-11-3-1-4-12-22)32-18-10-9-17-26(30(32)36)33-21-24-15-7-8-16-25(24)29(33)35;26-20-15-9-4-5-10-16(15)21(27)25(20)17-11-6-12-19-24(22(17)28)18(23(29)30-19)13-14-7-2-1-3-8-14;26-21-18-11-5-4-10-17(18)15-25(21)19-12-6-7-13-24(22(19)27)20(23(28)29)14-16-8-2-1-3-9-16;8-6-7-4-2-1-3-5-7/h1-8,11-16,26-27H,9-10,17-21H2,(H,31,34);1-5,7-10,17-19H,6,11-13H2;1-5,8-11,19-20H,6-7,12-15H2,(H,28,29);1-5H,6,8H2/t26-,27+;17-,18+,19+;19-,20+;/m000./s1. The molecular weight excluding hydrogens is 1300 g/mol. The van der Waals surface area contributed by atoms with Gasteiger partial charge in [0.15, 0.2) is 6.23 Å². The summed E-state index contributed by atoms with van der Waals surface area (Å²) in [6, 6.07) is 65.4. The quantitative estimate of drug-likeness (QED) is 0.0602. The number of amides is 8. The Labute approximate surface area is 599 Å². The molecular formula is C83H84N8O12. The van der Waals surface area contributed by atoms with Gasteiger partial charge in [-0.05, 0) is 115 Å². The van der Waals surface area contributed by atoms with Crippen molar-refractivity contribution in [3.8, 4) is 0 Å². The van der Waals surface area contributed by atoms with Crippen LogP contribution in [0, 0.1) is 0 Å². The summed E-state index contributed by atoms with van der Waals surface area (Å²) in [4.78, 5) is 140. The molecule has 4 fully saturated rings. The highest BCUT2D eigenvalue weighted by atomic mass is 16.6. The van der Waals surface area contributed by atoms with E-state index in [1.54, 1.807) is 45.0 Å². The summed E-state index contributed by atoms with van der Waals surface area (Å²) in [6.07, 6.45) is 6.08. The van der Waals surface area contributed by atoms with Crippen molar-refractivity contribution in [2.45, 2.75) is 146 Å². The maximum atomic E-state index is 14.0. The number of aliphatic carboxylic acids is 1. The monoisotopic (exact) mass is 1380 g/mol. The van der Waals surface area contributed by atoms with Crippen LogP contribution in [0.25, 0.3) is 0 Å². The number of rotatable bonds is 16. The lowest BCUT2D eigenvalue weighted by Crippen LogP contribution is -2.55. The van der Waals surface area contributed by atoms with Crippen molar-refractivity contribution in [2.24, 2.45) is 5.73 Å². The fourth-order valence-electron chi connectivity index (χ4n) is 14.8. The van der Waals surface area contributed by atoms with Gasteiger partial charge in [0.2, 0.25) is 23.6 Å². The molecule has 0 aliphatic carbocycles. The Morgan fingerprint density at radius 2 is 0.845 bits per heavy atom. The average molecular weight is 1390 g/mol. The third-order valence-electron chi connectivity index (χ3n) is 20.2. The average Bonchev–Trinajstić information content (AvgIpc) is 1.61. The second-order valence-corrected chi connectivity index (χ2v) is 26.7. The first kappa shape index (κ1) is 71.4. The van der Waals surface area contributed by atoms with Gasteiger partial charge in [-0.1, -0.05) is 200 Å². The number of esters is 1. The molecule has 8 aromatic rings. The largest absolute Gasteiger partial charge is 0.480 e. The summed E-state index contributed by atoms with van der Waals surface area (Å²) in [5, 5.41) is 12.9. The highest BCUT2D eigenvalue weighted by molar-refractivity contribution is 6.23. The number of carboxylic acids is 1. The van der Waals surface area contributed by atoms with Crippen LogP contribution in [0.1, 0.15) is 138 Å². The molecule has 7 aliphatic heterocycles. The summed E-state index contributed by atoms with van der Waals surface area (Å²) in [5.74, 6) is -3.59. The highest BCUT2D eigenvalue weighted by Crippen LogP contribution is 2.36. The number of likely N-dealkylation sites (tertiary alicyclic amines) is 2. The third kappa shape index (κ3) is 16.4. The Morgan fingerprint density at radius 3 is 1.30 bits per heavy atom. The van der Waals surface area contributed by atoms with Crippen molar-refractivity contribution in [1.82, 2.24) is 34.7 Å². The molecule has 7 atom stereocenters. The third-order valence-corrected chi connectivity index (χ3v) is 20.2. The van der Waals surface area contributed by atoms with Crippen LogP contribution in [-0.4, -0.2) is 149 Å². The number of ether oxygens (including phenoxy) is 1. The molecule has 8 amide bonds. The number of nitrogens with one attached hydrogen (secondary N) is 1. The lowest BCUT2D eigenvalue weighted by Gasteiger charge is -2.34. The van der Waals surface area contributed by atoms with E-state index < -0.39 is 72.1 Å². The zero-order valence-electron chi connectivity index (χ0n) is 57.3. The van der Waals surface area contributed by atoms with Gasteiger partial charge in [0.1, 0.15) is 36.3 Å². The molecule has 0 bridgehead atoms. The van der Waals surface area contributed by atoms with Gasteiger partial charge in [-0.3, -0.25) is 48.2 Å². The molecule has 20 heteroatoms. The molecule has 0 saturated carbocycles. The van der Waals surface area contributed by atoms with Crippen molar-refractivity contribution in [3.05, 3.63) is 286 Å². The van der Waals surface area contributed by atoms with Gasteiger partial charge in [0.05, 0.1) is 11.1 Å². The first-order valence-electron chi connectivity index (χ1n) is 35.5. The van der Waals surface area contributed by atoms with E-state index in [4.69, 9.17) is 10.5 Å². The molecule has 20 nitrogen and oxygen atoms in total. The number of hydrogen-bond acceptors (Lipinski definition) is 12. The zero-order valence-corrected chi connectivity index (χ0v) is 57.3. The number of hydrogen-bond donors (Lipinski definition) is 3. The van der Waals surface area contributed by atoms with Crippen molar-refractivity contribution < 1.29 is 57.8 Å². The predicted octanol–water partition coefficient (Wildman–Crippen LogP) is 9.97. The Morgan fingerprint density at radius 1 is 0.437 bits per heavy atom. The smallest absolute Gasteiger partial charge is 0.331 e. The van der Waals surface area contributed by atoms with Crippen LogP contribution in [0.15, 0.2) is 224 Å². The van der Waals surface area contributed by atoms with Crippen LogP contribution in [-0.2, 0) is 78.9 Å². The Bertz CT molecular complexity index is 4340. The number of nitrogens with two attached hydrogens (primary N) is 1. The number of nitrogens with zero attached hydrogens (tertiary/aromatic N) is 6. The topological polar surface area (TPSA) is 258 Å². The molecule has 7 aliphatic rings. The second kappa shape index (κ2) is 33.4. The van der Waals surface area contributed by atoms with Gasteiger partial charge in [0.25, 0.3) is 23.6 Å². The number of fused-ring (bicyclic) bond motifs is 4. The maximum Gasteiger partial charge on any atom is 0.331 e. The van der Waals surface area contributed by atoms with E-state index in [1.165, 1.54) is 15.4 Å². The number of carbonyl (C=O) groups is 10. The van der Waals surface area contributed by atoms with Gasteiger partial charge in [-0.25, -0.2) is 9.59 Å². The van der Waals surface area contributed by atoms with Gasteiger partial charge < -0.3 is 40.5 Å². The molecule has 103 heavy (non-hydrogen) atoms. The summed E-state index contributed by atoms with van der Waals surface area (Å²) in [7, 11) is 0. The van der Waals surface area contributed by atoms with Crippen molar-refractivity contribution in [1.29, 1.82) is 0 Å². The van der Waals surface area contributed by atoms with E-state index >= 15 is 0 Å². The highest BCUT2D eigenvalue weighted by Gasteiger charge is 2.53. The molecule has 7 heterocycles. The zero-order chi connectivity index (χ0) is 71.9. The number of imide groups is 1. The molecule has 15 rings (SSSR count). The van der Waals surface area contributed by atoms with Gasteiger partial charge in [-0.2, -0.15) is 0 Å². The minimum Gasteiger partial charge on any atom is -0.480 e. The van der Waals surface area contributed by atoms with Gasteiger partial charge in [0, 0.05) is 76.1 Å². The van der Waals surface area contributed by atoms with Crippen molar-refractivity contribution in [3.63, 3.8) is 0 Å². The fourth-order valence-corrected chi connectivity index (χ4v) is 14.8. The molecule has 0 spiro atoms. The van der Waals surface area contributed by atoms with Crippen molar-refractivity contribution in [2.75, 3.05) is 13.1 Å². The van der Waals surface area contributed by atoms with E-state index in [9.17, 15) is 53.1 Å². The molecule has 4 saturated heterocycles. The number of carbonyl (C=O) groups excluding carboxylic acids is 9. The molecule has 0 aromatic heterocycles. The lowest BCUT2D eigenvalue weighted by molar-refractivity contribution is -0.151. The molecule has 0 radical (unpaired) electrons. The van der Waals surface area contributed by atoms with E-state index in [0.717, 1.165) is 64.0 Å².